The van der Waals surface area contributed by atoms with Crippen molar-refractivity contribution in [2.75, 3.05) is 0 Å². The van der Waals surface area contributed by atoms with Gasteiger partial charge in [-0.3, -0.25) is 0 Å². The van der Waals surface area contributed by atoms with Gasteiger partial charge in [-0.15, -0.1) is 6.58 Å². The van der Waals surface area contributed by atoms with Gasteiger partial charge in [-0.05, 0) is 112 Å². The molecule has 152 valence electrons. The second kappa shape index (κ2) is 5.85. The average molecular weight is 372 g/mol. The molecular formula is C25H41NO. The van der Waals surface area contributed by atoms with E-state index >= 15 is 0 Å². The molecule has 0 radical (unpaired) electrons. The first-order valence-corrected chi connectivity index (χ1v) is 11.8. The summed E-state index contributed by atoms with van der Waals surface area (Å²) in [5.41, 5.74) is 7.49. The van der Waals surface area contributed by atoms with E-state index in [4.69, 9.17) is 10.5 Å². The standard InChI is InChI=1S/C25H41NO/c1-6-15-7-8-18-21-19(10-12-24(15,18)4)25(5)11-9-16(26)13-20(25)17-14-23(2,3)27-22(17)21/h6,15-22H,1,7-14,26H2,2-5H3/t15?,16-,17+,18?,19?,20?,21?,22-,24+,25+/m0/s1. The van der Waals surface area contributed by atoms with E-state index in [0.29, 0.717) is 28.9 Å². The Hall–Kier alpha value is -0.340. The zero-order chi connectivity index (χ0) is 19.2. The van der Waals surface area contributed by atoms with Crippen LogP contribution < -0.4 is 5.73 Å². The molecule has 5 fully saturated rings. The van der Waals surface area contributed by atoms with Gasteiger partial charge >= 0.3 is 0 Å². The van der Waals surface area contributed by atoms with E-state index in [9.17, 15) is 0 Å². The maximum Gasteiger partial charge on any atom is 0.0648 e. The van der Waals surface area contributed by atoms with Crippen LogP contribution in [0.1, 0.15) is 79.1 Å². The van der Waals surface area contributed by atoms with Gasteiger partial charge in [0, 0.05) is 6.04 Å². The summed E-state index contributed by atoms with van der Waals surface area (Å²) in [4.78, 5) is 0. The summed E-state index contributed by atoms with van der Waals surface area (Å²) in [6.07, 6.45) is 13.3. The summed E-state index contributed by atoms with van der Waals surface area (Å²) in [5, 5.41) is 0. The van der Waals surface area contributed by atoms with Crippen LogP contribution in [0.25, 0.3) is 0 Å². The third-order valence-electron chi connectivity index (χ3n) is 10.5. The molecule has 2 N–H and O–H groups in total. The van der Waals surface area contributed by atoms with E-state index < -0.39 is 0 Å². The first-order chi connectivity index (χ1) is 12.7. The van der Waals surface area contributed by atoms with Crippen molar-refractivity contribution in [2.24, 2.45) is 52.1 Å². The number of allylic oxidation sites excluding steroid dienone is 1. The molecule has 1 saturated heterocycles. The number of nitrogens with two attached hydrogens (primary N) is 1. The quantitative estimate of drug-likeness (QED) is 0.612. The van der Waals surface area contributed by atoms with E-state index in [2.05, 4.69) is 40.3 Å². The number of rotatable bonds is 1. The summed E-state index contributed by atoms with van der Waals surface area (Å²) in [6.45, 7) is 14.1. The van der Waals surface area contributed by atoms with Crippen LogP contribution in [0.4, 0.5) is 0 Å². The van der Waals surface area contributed by atoms with E-state index in [1.54, 1.807) is 0 Å². The molecular weight excluding hydrogens is 330 g/mol. The topological polar surface area (TPSA) is 35.2 Å². The number of hydrogen-bond acceptors (Lipinski definition) is 2. The molecule has 0 bridgehead atoms. The van der Waals surface area contributed by atoms with Crippen LogP contribution in [0.15, 0.2) is 12.7 Å². The molecule has 5 unspecified atom stereocenters. The van der Waals surface area contributed by atoms with Crippen LogP contribution in [0.3, 0.4) is 0 Å². The Bertz CT molecular complexity index is 628. The SMILES string of the molecule is C=CC1CCC2C3C(CC[C@]12C)[C@@]1(C)CC[C@H](N)CC1[C@H]1CC(C)(C)O[C@H]31. The van der Waals surface area contributed by atoms with Crippen molar-refractivity contribution in [1.29, 1.82) is 0 Å². The van der Waals surface area contributed by atoms with Gasteiger partial charge in [-0.1, -0.05) is 19.9 Å². The Morgan fingerprint density at radius 1 is 0.926 bits per heavy atom. The van der Waals surface area contributed by atoms with Crippen molar-refractivity contribution >= 4 is 0 Å². The van der Waals surface area contributed by atoms with Crippen LogP contribution in [0.5, 0.6) is 0 Å². The molecule has 1 heterocycles. The number of hydrogen-bond donors (Lipinski definition) is 1. The molecule has 27 heavy (non-hydrogen) atoms. The Balaban J connectivity index is 1.58. The van der Waals surface area contributed by atoms with Crippen LogP contribution in [0, 0.1) is 46.3 Å². The fourth-order valence-electron chi connectivity index (χ4n) is 9.29. The fraction of sp³-hybridized carbons (Fsp3) is 0.920. The van der Waals surface area contributed by atoms with Crippen molar-refractivity contribution in [3.8, 4) is 0 Å². The predicted octanol–water partition coefficient (Wildman–Crippen LogP) is 5.56. The zero-order valence-electron chi connectivity index (χ0n) is 18.0. The monoisotopic (exact) mass is 371 g/mol. The zero-order valence-corrected chi connectivity index (χ0v) is 18.0. The van der Waals surface area contributed by atoms with Crippen molar-refractivity contribution in [3.63, 3.8) is 0 Å². The summed E-state index contributed by atoms with van der Waals surface area (Å²) in [5.74, 6) is 4.64. The largest absolute Gasteiger partial charge is 0.372 e. The molecule has 5 rings (SSSR count). The molecule has 0 amide bonds. The summed E-state index contributed by atoms with van der Waals surface area (Å²) < 4.78 is 6.91. The lowest BCUT2D eigenvalue weighted by Gasteiger charge is -2.64. The van der Waals surface area contributed by atoms with Crippen molar-refractivity contribution in [2.45, 2.75) is 96.8 Å². The van der Waals surface area contributed by atoms with Crippen LogP contribution >= 0.6 is 0 Å². The van der Waals surface area contributed by atoms with Gasteiger partial charge in [0.05, 0.1) is 11.7 Å². The van der Waals surface area contributed by atoms with E-state index in [-0.39, 0.29) is 5.60 Å². The highest BCUT2D eigenvalue weighted by molar-refractivity contribution is 5.17. The van der Waals surface area contributed by atoms with Gasteiger partial charge in [0.15, 0.2) is 0 Å². The number of fused-ring (bicyclic) bond motifs is 8. The average Bonchev–Trinajstić information content (AvgIpc) is 3.11. The summed E-state index contributed by atoms with van der Waals surface area (Å²) >= 11 is 0. The first-order valence-electron chi connectivity index (χ1n) is 11.8. The van der Waals surface area contributed by atoms with Crippen molar-refractivity contribution in [3.05, 3.63) is 12.7 Å². The van der Waals surface area contributed by atoms with Crippen molar-refractivity contribution < 1.29 is 4.74 Å². The summed E-state index contributed by atoms with van der Waals surface area (Å²) in [6, 6.07) is 0.412. The van der Waals surface area contributed by atoms with E-state index in [1.807, 2.05) is 0 Å². The molecule has 4 saturated carbocycles. The molecule has 10 atom stereocenters. The minimum atomic E-state index is 0.0387. The fourth-order valence-corrected chi connectivity index (χ4v) is 9.29. The minimum absolute atomic E-state index is 0.0387. The lowest BCUT2D eigenvalue weighted by molar-refractivity contribution is -0.192. The van der Waals surface area contributed by atoms with Gasteiger partial charge in [-0.2, -0.15) is 0 Å². The molecule has 0 aromatic carbocycles. The molecule has 4 aliphatic carbocycles. The molecule has 2 nitrogen and oxygen atoms in total. The maximum atomic E-state index is 6.91. The van der Waals surface area contributed by atoms with E-state index in [0.717, 1.165) is 29.6 Å². The maximum absolute atomic E-state index is 6.91. The van der Waals surface area contributed by atoms with Crippen LogP contribution in [-0.4, -0.2) is 17.7 Å². The highest BCUT2D eigenvalue weighted by atomic mass is 16.5. The predicted molar refractivity (Wildman–Crippen MR) is 111 cm³/mol. The molecule has 2 heteroatoms. The lowest BCUT2D eigenvalue weighted by atomic mass is 9.41. The highest BCUT2D eigenvalue weighted by Gasteiger charge is 2.67. The Morgan fingerprint density at radius 2 is 1.63 bits per heavy atom. The number of ether oxygens (including phenoxy) is 1. The minimum Gasteiger partial charge on any atom is -0.372 e. The molecule has 1 aliphatic heterocycles. The first kappa shape index (κ1) is 18.7. The Morgan fingerprint density at radius 3 is 2.37 bits per heavy atom. The third-order valence-corrected chi connectivity index (χ3v) is 10.5. The molecule has 5 aliphatic rings. The molecule has 0 aromatic rings. The van der Waals surface area contributed by atoms with Crippen LogP contribution in [0.2, 0.25) is 0 Å². The second-order valence-electron chi connectivity index (χ2n) is 12.1. The van der Waals surface area contributed by atoms with E-state index in [1.165, 1.54) is 51.4 Å². The molecule has 0 spiro atoms. The van der Waals surface area contributed by atoms with Gasteiger partial charge in [0.2, 0.25) is 0 Å². The lowest BCUT2D eigenvalue weighted by Crippen LogP contribution is -2.61. The van der Waals surface area contributed by atoms with Gasteiger partial charge in [0.1, 0.15) is 0 Å². The Kier molecular flexibility index (Phi) is 4.04. The van der Waals surface area contributed by atoms with Gasteiger partial charge < -0.3 is 10.5 Å². The molecule has 0 aromatic heterocycles. The summed E-state index contributed by atoms with van der Waals surface area (Å²) in [7, 11) is 0. The highest BCUT2D eigenvalue weighted by Crippen LogP contribution is 2.70. The third kappa shape index (κ3) is 2.44. The normalized spacial score (nSPS) is 58.7. The second-order valence-corrected chi connectivity index (χ2v) is 12.1. The Labute approximate surface area is 166 Å². The smallest absolute Gasteiger partial charge is 0.0648 e. The van der Waals surface area contributed by atoms with Gasteiger partial charge in [0.25, 0.3) is 0 Å². The van der Waals surface area contributed by atoms with Crippen LogP contribution in [-0.2, 0) is 4.74 Å². The van der Waals surface area contributed by atoms with Crippen molar-refractivity contribution in [1.82, 2.24) is 0 Å². The van der Waals surface area contributed by atoms with Gasteiger partial charge in [-0.25, -0.2) is 0 Å².